The molecule has 132 valence electrons. The van der Waals surface area contributed by atoms with Crippen molar-refractivity contribution < 1.29 is 0 Å². The van der Waals surface area contributed by atoms with Gasteiger partial charge in [0.15, 0.2) is 5.96 Å². The summed E-state index contributed by atoms with van der Waals surface area (Å²) in [5, 5.41) is 7.62. The van der Waals surface area contributed by atoms with Gasteiger partial charge in [0, 0.05) is 29.7 Å². The van der Waals surface area contributed by atoms with Gasteiger partial charge in [0.1, 0.15) is 0 Å². The number of nitrogens with zero attached hydrogens (tertiary/aromatic N) is 2. The lowest BCUT2D eigenvalue weighted by Gasteiger charge is -2.19. The fraction of sp³-hybridized carbons (Fsp3) is 0.400. The number of aromatic nitrogens is 1. The first-order valence-electron chi connectivity index (χ1n) is 8.82. The lowest BCUT2D eigenvalue weighted by Crippen LogP contribution is -2.41. The summed E-state index contributed by atoms with van der Waals surface area (Å²) < 4.78 is 0. The zero-order valence-corrected chi connectivity index (χ0v) is 15.6. The fourth-order valence-electron chi connectivity index (χ4n) is 2.97. The lowest BCUT2D eigenvalue weighted by atomic mass is 9.96. The molecule has 2 N–H and O–H groups in total. The fourth-order valence-corrected chi connectivity index (χ4v) is 3.16. The van der Waals surface area contributed by atoms with Crippen molar-refractivity contribution in [3.63, 3.8) is 0 Å². The first-order valence-corrected chi connectivity index (χ1v) is 9.19. The minimum absolute atomic E-state index is 0.183. The molecule has 0 radical (unpaired) electrons. The Balaban J connectivity index is 1.66. The van der Waals surface area contributed by atoms with Crippen molar-refractivity contribution in [2.24, 2.45) is 4.99 Å². The molecule has 1 heterocycles. The van der Waals surface area contributed by atoms with E-state index in [4.69, 9.17) is 16.6 Å². The molecule has 25 heavy (non-hydrogen) atoms. The van der Waals surface area contributed by atoms with Crippen LogP contribution in [-0.4, -0.2) is 24.0 Å². The van der Waals surface area contributed by atoms with E-state index in [0.29, 0.717) is 6.54 Å². The number of aryl methyl sites for hydroxylation is 1. The smallest absolute Gasteiger partial charge is 0.191 e. The number of guanidine groups is 1. The Labute approximate surface area is 154 Å². The van der Waals surface area contributed by atoms with Gasteiger partial charge in [-0.05, 0) is 56.0 Å². The monoisotopic (exact) mass is 356 g/mol. The third kappa shape index (κ3) is 4.51. The number of hydrogen-bond acceptors (Lipinski definition) is 2. The predicted octanol–water partition coefficient (Wildman–Crippen LogP) is 3.83. The van der Waals surface area contributed by atoms with E-state index < -0.39 is 0 Å². The van der Waals surface area contributed by atoms with Crippen molar-refractivity contribution >= 4 is 17.6 Å². The van der Waals surface area contributed by atoms with Crippen LogP contribution in [0.2, 0.25) is 5.02 Å². The minimum Gasteiger partial charge on any atom is -0.357 e. The van der Waals surface area contributed by atoms with Gasteiger partial charge in [-0.1, -0.05) is 29.8 Å². The van der Waals surface area contributed by atoms with E-state index in [1.54, 1.807) is 0 Å². The second-order valence-electron chi connectivity index (χ2n) is 6.61. The van der Waals surface area contributed by atoms with Gasteiger partial charge in [-0.25, -0.2) is 4.99 Å². The maximum Gasteiger partial charge on any atom is 0.191 e. The molecule has 2 aromatic rings. The van der Waals surface area contributed by atoms with Gasteiger partial charge in [-0.3, -0.25) is 4.98 Å². The quantitative estimate of drug-likeness (QED) is 0.611. The molecule has 0 aliphatic heterocycles. The molecule has 0 bridgehead atoms. The Kier molecular flexibility index (Phi) is 5.59. The van der Waals surface area contributed by atoms with Gasteiger partial charge < -0.3 is 10.6 Å². The molecule has 0 atom stereocenters. The van der Waals surface area contributed by atoms with Crippen molar-refractivity contribution in [2.75, 3.05) is 13.1 Å². The van der Waals surface area contributed by atoms with E-state index in [2.05, 4.69) is 47.7 Å². The van der Waals surface area contributed by atoms with Crippen LogP contribution in [0.3, 0.4) is 0 Å². The van der Waals surface area contributed by atoms with E-state index in [9.17, 15) is 0 Å². The Morgan fingerprint density at radius 3 is 2.76 bits per heavy atom. The highest BCUT2D eigenvalue weighted by Gasteiger charge is 2.44. The Bertz CT molecular complexity index is 753. The molecule has 1 aliphatic rings. The average molecular weight is 357 g/mol. The average Bonchev–Trinajstić information content (AvgIpc) is 3.40. The van der Waals surface area contributed by atoms with Crippen LogP contribution in [0.5, 0.6) is 0 Å². The minimum atomic E-state index is 0.183. The standard InChI is InChI=1S/C20H25ClN4/c1-3-22-19(24-13-18-15(2)6-5-11-23-18)25-14-20(9-10-20)16-7-4-8-17(21)12-16/h4-8,11-12H,3,9-10,13-14H2,1-2H3,(H2,22,24,25). The summed E-state index contributed by atoms with van der Waals surface area (Å²) in [6.07, 6.45) is 4.18. The maximum absolute atomic E-state index is 6.16. The summed E-state index contributed by atoms with van der Waals surface area (Å²) in [5.41, 5.74) is 3.67. The van der Waals surface area contributed by atoms with E-state index in [1.165, 1.54) is 24.0 Å². The molecule has 1 aromatic carbocycles. The van der Waals surface area contributed by atoms with Crippen LogP contribution >= 0.6 is 11.6 Å². The summed E-state index contributed by atoms with van der Waals surface area (Å²) >= 11 is 6.16. The van der Waals surface area contributed by atoms with Crippen LogP contribution in [0.15, 0.2) is 47.6 Å². The molecule has 5 heteroatoms. The van der Waals surface area contributed by atoms with Gasteiger partial charge in [-0.2, -0.15) is 0 Å². The van der Waals surface area contributed by atoms with Crippen molar-refractivity contribution in [3.8, 4) is 0 Å². The molecule has 1 aromatic heterocycles. The number of hydrogen-bond donors (Lipinski definition) is 2. The first kappa shape index (κ1) is 17.7. The molecule has 1 aliphatic carbocycles. The van der Waals surface area contributed by atoms with Crippen LogP contribution in [0.1, 0.15) is 36.6 Å². The molecule has 0 spiro atoms. The highest BCUT2D eigenvalue weighted by atomic mass is 35.5. The maximum atomic E-state index is 6.16. The van der Waals surface area contributed by atoms with Crippen LogP contribution in [0, 0.1) is 6.92 Å². The second-order valence-corrected chi connectivity index (χ2v) is 7.04. The molecule has 1 saturated carbocycles. The summed E-state index contributed by atoms with van der Waals surface area (Å²) in [5.74, 6) is 0.834. The molecule has 0 amide bonds. The Hall–Kier alpha value is -2.07. The number of nitrogens with one attached hydrogen (secondary N) is 2. The van der Waals surface area contributed by atoms with Gasteiger partial charge in [-0.15, -0.1) is 0 Å². The lowest BCUT2D eigenvalue weighted by molar-refractivity contribution is 0.645. The largest absolute Gasteiger partial charge is 0.357 e. The van der Waals surface area contributed by atoms with Gasteiger partial charge >= 0.3 is 0 Å². The van der Waals surface area contributed by atoms with Gasteiger partial charge in [0.25, 0.3) is 0 Å². The topological polar surface area (TPSA) is 49.3 Å². The summed E-state index contributed by atoms with van der Waals surface area (Å²) in [6, 6.07) is 12.2. The highest BCUT2D eigenvalue weighted by molar-refractivity contribution is 6.30. The molecular formula is C20H25ClN4. The third-order valence-corrected chi connectivity index (χ3v) is 4.97. The number of pyridine rings is 1. The normalized spacial score (nSPS) is 15.7. The van der Waals surface area contributed by atoms with Crippen LogP contribution < -0.4 is 10.6 Å². The molecule has 0 unspecified atom stereocenters. The molecule has 0 saturated heterocycles. The first-order chi connectivity index (χ1) is 12.1. The van der Waals surface area contributed by atoms with Crippen molar-refractivity contribution in [2.45, 2.75) is 38.6 Å². The summed E-state index contributed by atoms with van der Waals surface area (Å²) in [4.78, 5) is 9.10. The van der Waals surface area contributed by atoms with Crippen molar-refractivity contribution in [1.29, 1.82) is 0 Å². The summed E-state index contributed by atoms with van der Waals surface area (Å²) in [7, 11) is 0. The Morgan fingerprint density at radius 1 is 1.24 bits per heavy atom. The number of halogens is 1. The zero-order chi connectivity index (χ0) is 17.7. The van der Waals surface area contributed by atoms with E-state index in [0.717, 1.165) is 29.8 Å². The van der Waals surface area contributed by atoms with E-state index >= 15 is 0 Å². The van der Waals surface area contributed by atoms with Crippen LogP contribution in [0.4, 0.5) is 0 Å². The van der Waals surface area contributed by atoms with Crippen LogP contribution in [-0.2, 0) is 12.0 Å². The predicted molar refractivity (Wildman–Crippen MR) is 104 cm³/mol. The SMILES string of the molecule is CCNC(=NCc1ncccc1C)NCC1(c2cccc(Cl)c2)CC1. The van der Waals surface area contributed by atoms with Crippen molar-refractivity contribution in [3.05, 3.63) is 64.4 Å². The number of benzene rings is 1. The molecule has 4 nitrogen and oxygen atoms in total. The van der Waals surface area contributed by atoms with E-state index in [-0.39, 0.29) is 5.41 Å². The Morgan fingerprint density at radius 2 is 2.08 bits per heavy atom. The van der Waals surface area contributed by atoms with Gasteiger partial charge in [0.05, 0.1) is 12.2 Å². The molecular weight excluding hydrogens is 332 g/mol. The second kappa shape index (κ2) is 7.87. The highest BCUT2D eigenvalue weighted by Crippen LogP contribution is 2.48. The third-order valence-electron chi connectivity index (χ3n) is 4.73. The molecule has 1 fully saturated rings. The van der Waals surface area contributed by atoms with Gasteiger partial charge in [0.2, 0.25) is 0 Å². The summed E-state index contributed by atoms with van der Waals surface area (Å²) in [6.45, 7) is 6.41. The van der Waals surface area contributed by atoms with Crippen LogP contribution in [0.25, 0.3) is 0 Å². The zero-order valence-electron chi connectivity index (χ0n) is 14.8. The number of rotatable bonds is 6. The van der Waals surface area contributed by atoms with E-state index in [1.807, 2.05) is 24.4 Å². The number of aliphatic imine (C=N–C) groups is 1. The molecule has 3 rings (SSSR count). The van der Waals surface area contributed by atoms with Crippen molar-refractivity contribution in [1.82, 2.24) is 15.6 Å².